The number of carbonyl (C=O) groups excluding carboxylic acids is 2. The molecule has 0 aliphatic heterocycles. The van der Waals surface area contributed by atoms with Gasteiger partial charge in [0.15, 0.2) is 5.76 Å². The van der Waals surface area contributed by atoms with E-state index in [1.807, 2.05) is 50.2 Å². The highest BCUT2D eigenvalue weighted by molar-refractivity contribution is 6.02. The number of hydrogen-bond acceptors (Lipinski definition) is 4. The van der Waals surface area contributed by atoms with E-state index in [0.717, 1.165) is 22.0 Å². The fourth-order valence-electron chi connectivity index (χ4n) is 3.21. The Labute approximate surface area is 173 Å². The largest absolute Gasteiger partial charge is 0.459 e. The first-order chi connectivity index (χ1) is 14.5. The van der Waals surface area contributed by atoms with Crippen molar-refractivity contribution in [2.24, 2.45) is 0 Å². The summed E-state index contributed by atoms with van der Waals surface area (Å²) < 4.78 is 5.08. The molecule has 4 aromatic rings. The average Bonchev–Trinajstić information content (AvgIpc) is 3.28. The highest BCUT2D eigenvalue weighted by Gasteiger charge is 2.12. The number of carbonyl (C=O) groups is 2. The number of furan rings is 1. The molecule has 2 N–H and O–H groups in total. The predicted octanol–water partition coefficient (Wildman–Crippen LogP) is 4.63. The second-order valence-corrected chi connectivity index (χ2v) is 7.13. The monoisotopic (exact) mass is 399 g/mol. The van der Waals surface area contributed by atoms with E-state index in [0.29, 0.717) is 23.5 Å². The van der Waals surface area contributed by atoms with Gasteiger partial charge in [-0.05, 0) is 61.9 Å². The SMILES string of the molecule is Cc1ccc2nc(C)c(C(=O)NCc3ccc(NC(=O)c4ccco4)cc3)cc2c1. The summed E-state index contributed by atoms with van der Waals surface area (Å²) in [5.74, 6) is -0.227. The molecule has 0 unspecified atom stereocenters. The third-order valence-corrected chi connectivity index (χ3v) is 4.82. The van der Waals surface area contributed by atoms with Crippen molar-refractivity contribution in [1.29, 1.82) is 0 Å². The van der Waals surface area contributed by atoms with E-state index >= 15 is 0 Å². The summed E-state index contributed by atoms with van der Waals surface area (Å²) in [7, 11) is 0. The molecule has 6 heteroatoms. The number of hydrogen-bond donors (Lipinski definition) is 2. The van der Waals surface area contributed by atoms with Crippen LogP contribution in [0.3, 0.4) is 0 Å². The Morgan fingerprint density at radius 3 is 2.50 bits per heavy atom. The fourth-order valence-corrected chi connectivity index (χ4v) is 3.21. The summed E-state index contributed by atoms with van der Waals surface area (Å²) in [5, 5.41) is 6.65. The van der Waals surface area contributed by atoms with Gasteiger partial charge in [0.05, 0.1) is 23.0 Å². The molecule has 150 valence electrons. The molecular weight excluding hydrogens is 378 g/mol. The molecule has 6 nitrogen and oxygen atoms in total. The number of anilines is 1. The van der Waals surface area contributed by atoms with Gasteiger partial charge in [0.2, 0.25) is 0 Å². The minimum absolute atomic E-state index is 0.168. The van der Waals surface area contributed by atoms with Crippen LogP contribution in [0.25, 0.3) is 10.9 Å². The Morgan fingerprint density at radius 2 is 1.77 bits per heavy atom. The van der Waals surface area contributed by atoms with Crippen molar-refractivity contribution >= 4 is 28.4 Å². The van der Waals surface area contributed by atoms with Gasteiger partial charge in [0.25, 0.3) is 11.8 Å². The van der Waals surface area contributed by atoms with E-state index in [4.69, 9.17) is 4.42 Å². The Kier molecular flexibility index (Phi) is 5.30. The lowest BCUT2D eigenvalue weighted by Crippen LogP contribution is -2.24. The van der Waals surface area contributed by atoms with Crippen molar-refractivity contribution in [3.05, 3.63) is 95.1 Å². The maximum Gasteiger partial charge on any atom is 0.291 e. The summed E-state index contributed by atoms with van der Waals surface area (Å²) in [6.07, 6.45) is 1.45. The Morgan fingerprint density at radius 1 is 0.967 bits per heavy atom. The molecule has 0 atom stereocenters. The van der Waals surface area contributed by atoms with Gasteiger partial charge in [-0.25, -0.2) is 0 Å². The van der Waals surface area contributed by atoms with Gasteiger partial charge in [-0.3, -0.25) is 14.6 Å². The minimum atomic E-state index is -0.310. The van der Waals surface area contributed by atoms with Crippen molar-refractivity contribution < 1.29 is 14.0 Å². The van der Waals surface area contributed by atoms with Crippen molar-refractivity contribution in [3.63, 3.8) is 0 Å². The summed E-state index contributed by atoms with van der Waals surface area (Å²) >= 11 is 0. The predicted molar refractivity (Wildman–Crippen MR) is 115 cm³/mol. The van der Waals surface area contributed by atoms with Crippen molar-refractivity contribution in [2.45, 2.75) is 20.4 Å². The van der Waals surface area contributed by atoms with Crippen LogP contribution in [0.1, 0.15) is 37.7 Å². The zero-order valence-electron chi connectivity index (χ0n) is 16.7. The zero-order valence-corrected chi connectivity index (χ0v) is 16.7. The van der Waals surface area contributed by atoms with Gasteiger partial charge in [-0.2, -0.15) is 0 Å². The zero-order chi connectivity index (χ0) is 21.1. The molecule has 0 bridgehead atoms. The third-order valence-electron chi connectivity index (χ3n) is 4.82. The van der Waals surface area contributed by atoms with Crippen molar-refractivity contribution in [2.75, 3.05) is 5.32 Å². The van der Waals surface area contributed by atoms with Crippen molar-refractivity contribution in [1.82, 2.24) is 10.3 Å². The van der Waals surface area contributed by atoms with Gasteiger partial charge >= 0.3 is 0 Å². The van der Waals surface area contributed by atoms with Gasteiger partial charge in [0, 0.05) is 17.6 Å². The molecule has 2 aromatic carbocycles. The summed E-state index contributed by atoms with van der Waals surface area (Å²) in [6, 6.07) is 18.4. The summed E-state index contributed by atoms with van der Waals surface area (Å²) in [5.41, 5.74) is 4.83. The van der Waals surface area contributed by atoms with E-state index in [-0.39, 0.29) is 17.6 Å². The quantitative estimate of drug-likeness (QED) is 0.513. The molecular formula is C24H21N3O3. The second kappa shape index (κ2) is 8.21. The van der Waals surface area contributed by atoms with Gasteiger partial charge in [0.1, 0.15) is 0 Å². The highest BCUT2D eigenvalue weighted by atomic mass is 16.3. The number of fused-ring (bicyclic) bond motifs is 1. The lowest BCUT2D eigenvalue weighted by molar-refractivity contribution is 0.0949. The third kappa shape index (κ3) is 4.22. The number of aromatic nitrogens is 1. The van der Waals surface area contributed by atoms with Crippen LogP contribution in [0, 0.1) is 13.8 Å². The molecule has 0 radical (unpaired) electrons. The fraction of sp³-hybridized carbons (Fsp3) is 0.125. The van der Waals surface area contributed by atoms with Gasteiger partial charge in [-0.15, -0.1) is 0 Å². The molecule has 2 aromatic heterocycles. The second-order valence-electron chi connectivity index (χ2n) is 7.13. The molecule has 30 heavy (non-hydrogen) atoms. The number of nitrogens with one attached hydrogen (secondary N) is 2. The lowest BCUT2D eigenvalue weighted by Gasteiger charge is -2.10. The number of nitrogens with zero attached hydrogens (tertiary/aromatic N) is 1. The number of pyridine rings is 1. The maximum atomic E-state index is 12.7. The van der Waals surface area contributed by atoms with Gasteiger partial charge in [-0.1, -0.05) is 23.8 Å². The smallest absolute Gasteiger partial charge is 0.291 e. The molecule has 0 aliphatic carbocycles. The molecule has 2 amide bonds. The minimum Gasteiger partial charge on any atom is -0.459 e. The summed E-state index contributed by atoms with van der Waals surface area (Å²) in [6.45, 7) is 4.22. The van der Waals surface area contributed by atoms with Crippen LogP contribution in [0.15, 0.2) is 71.3 Å². The Hall–Kier alpha value is -3.93. The van der Waals surface area contributed by atoms with Crippen molar-refractivity contribution in [3.8, 4) is 0 Å². The van der Waals surface area contributed by atoms with Crippen LogP contribution in [0.5, 0.6) is 0 Å². The van der Waals surface area contributed by atoms with E-state index in [9.17, 15) is 9.59 Å². The number of rotatable bonds is 5. The first-order valence-electron chi connectivity index (χ1n) is 9.59. The molecule has 2 heterocycles. The highest BCUT2D eigenvalue weighted by Crippen LogP contribution is 2.18. The molecule has 0 aliphatic rings. The average molecular weight is 399 g/mol. The summed E-state index contributed by atoms with van der Waals surface area (Å²) in [4.78, 5) is 29.2. The normalized spacial score (nSPS) is 10.7. The van der Waals surface area contributed by atoms with Gasteiger partial charge < -0.3 is 15.1 Å². The number of amides is 2. The maximum absolute atomic E-state index is 12.7. The standard InChI is InChI=1S/C24H21N3O3/c1-15-5-10-21-18(12-15)13-20(16(2)26-21)23(28)25-14-17-6-8-19(9-7-17)27-24(29)22-4-3-11-30-22/h3-13H,14H2,1-2H3,(H,25,28)(H,27,29). The molecule has 0 saturated heterocycles. The van der Waals surface area contributed by atoms with E-state index in [1.54, 1.807) is 24.3 Å². The van der Waals surface area contributed by atoms with Crippen LogP contribution in [-0.2, 0) is 6.54 Å². The first kappa shape index (κ1) is 19.4. The topological polar surface area (TPSA) is 84.2 Å². The molecule has 0 fully saturated rings. The number of benzene rings is 2. The van der Waals surface area contributed by atoms with Crippen LogP contribution in [-0.4, -0.2) is 16.8 Å². The van der Waals surface area contributed by atoms with Crippen LogP contribution in [0.2, 0.25) is 0 Å². The van der Waals surface area contributed by atoms with Crippen LogP contribution < -0.4 is 10.6 Å². The first-order valence-corrected chi connectivity index (χ1v) is 9.59. The Balaban J connectivity index is 1.41. The lowest BCUT2D eigenvalue weighted by atomic mass is 10.1. The Bertz CT molecular complexity index is 1210. The van der Waals surface area contributed by atoms with E-state index < -0.39 is 0 Å². The van der Waals surface area contributed by atoms with Crippen LogP contribution in [0.4, 0.5) is 5.69 Å². The molecule has 4 rings (SSSR count). The van der Waals surface area contributed by atoms with E-state index in [1.165, 1.54) is 6.26 Å². The van der Waals surface area contributed by atoms with Crippen LogP contribution >= 0.6 is 0 Å². The molecule has 0 spiro atoms. The molecule has 0 saturated carbocycles. The van der Waals surface area contributed by atoms with E-state index in [2.05, 4.69) is 15.6 Å². The number of aryl methyl sites for hydroxylation is 2.